The van der Waals surface area contributed by atoms with E-state index in [9.17, 15) is 9.18 Å². The molecule has 0 fully saturated rings. The van der Waals surface area contributed by atoms with Crippen LogP contribution in [0, 0.1) is 5.82 Å². The quantitative estimate of drug-likeness (QED) is 0.692. The molecule has 138 valence electrons. The second-order valence-corrected chi connectivity index (χ2v) is 7.02. The minimum atomic E-state index is -0.282. The van der Waals surface area contributed by atoms with Crippen LogP contribution in [-0.2, 0) is 12.8 Å². The topological polar surface area (TPSA) is 38.1 Å². The highest BCUT2D eigenvalue weighted by Gasteiger charge is 2.30. The van der Waals surface area contributed by atoms with Crippen molar-refractivity contribution in [3.63, 3.8) is 0 Å². The molecule has 3 aromatic rings. The van der Waals surface area contributed by atoms with Crippen molar-refractivity contribution in [1.82, 2.24) is 14.7 Å². The van der Waals surface area contributed by atoms with Crippen LogP contribution in [0.3, 0.4) is 0 Å². The molecule has 0 unspecified atom stereocenters. The summed E-state index contributed by atoms with van der Waals surface area (Å²) in [5.41, 5.74) is 4.47. The largest absolute Gasteiger partial charge is 0.334 e. The number of carbonyl (C=O) groups excluding carboxylic acids is 1. The molecule has 1 heterocycles. The number of aromatic nitrogens is 2. The van der Waals surface area contributed by atoms with Gasteiger partial charge in [0.2, 0.25) is 0 Å². The molecule has 2 aromatic carbocycles. The van der Waals surface area contributed by atoms with Gasteiger partial charge in [-0.15, -0.1) is 0 Å². The highest BCUT2D eigenvalue weighted by Crippen LogP contribution is 2.30. The Balaban J connectivity index is 1.68. The number of hydrogen-bond donors (Lipinski definition) is 0. The fraction of sp³-hybridized carbons (Fsp3) is 0.273. The molecular formula is C22H22FN3O. The third-order valence-electron chi connectivity index (χ3n) is 5.39. The van der Waals surface area contributed by atoms with Crippen LogP contribution in [0.2, 0.25) is 0 Å². The maximum Gasteiger partial charge on any atom is 0.274 e. The lowest BCUT2D eigenvalue weighted by Crippen LogP contribution is -2.30. The van der Waals surface area contributed by atoms with Crippen molar-refractivity contribution in [1.29, 1.82) is 0 Å². The number of rotatable bonds is 4. The summed E-state index contributed by atoms with van der Waals surface area (Å²) in [6.45, 7) is 2.02. The van der Waals surface area contributed by atoms with Gasteiger partial charge in [-0.3, -0.25) is 4.79 Å². The third kappa shape index (κ3) is 3.14. The van der Waals surface area contributed by atoms with Crippen LogP contribution < -0.4 is 0 Å². The van der Waals surface area contributed by atoms with E-state index in [0.717, 1.165) is 41.8 Å². The van der Waals surface area contributed by atoms with Crippen molar-refractivity contribution in [2.75, 3.05) is 7.05 Å². The smallest absolute Gasteiger partial charge is 0.274 e. The number of hydrogen-bond acceptors (Lipinski definition) is 2. The summed E-state index contributed by atoms with van der Waals surface area (Å²) < 4.78 is 15.1. The van der Waals surface area contributed by atoms with E-state index in [0.29, 0.717) is 5.69 Å². The first-order valence-corrected chi connectivity index (χ1v) is 9.25. The van der Waals surface area contributed by atoms with E-state index in [2.05, 4.69) is 5.10 Å². The molecule has 1 aliphatic carbocycles. The summed E-state index contributed by atoms with van der Waals surface area (Å²) in [7, 11) is 1.82. The Morgan fingerprint density at radius 1 is 1.11 bits per heavy atom. The summed E-state index contributed by atoms with van der Waals surface area (Å²) >= 11 is 0. The number of carbonyl (C=O) groups is 1. The van der Waals surface area contributed by atoms with E-state index in [4.69, 9.17) is 0 Å². The first-order chi connectivity index (χ1) is 13.1. The molecule has 5 heteroatoms. The molecule has 0 aliphatic heterocycles. The molecule has 0 radical (unpaired) electrons. The van der Waals surface area contributed by atoms with Crippen LogP contribution in [-0.4, -0.2) is 27.6 Å². The Bertz CT molecular complexity index is 963. The van der Waals surface area contributed by atoms with Crippen LogP contribution in [0.1, 0.15) is 46.7 Å². The van der Waals surface area contributed by atoms with E-state index >= 15 is 0 Å². The minimum Gasteiger partial charge on any atom is -0.334 e. The van der Waals surface area contributed by atoms with E-state index in [1.807, 2.05) is 44.3 Å². The van der Waals surface area contributed by atoms with Gasteiger partial charge in [-0.25, -0.2) is 9.07 Å². The number of benzene rings is 2. The Morgan fingerprint density at radius 2 is 1.81 bits per heavy atom. The SMILES string of the molecule is C[C@H](c1ccccc1)N(C)C(=O)c1nn(-c2ccc(F)cc2)c2c1CCC2. The van der Waals surface area contributed by atoms with E-state index in [-0.39, 0.29) is 17.8 Å². The van der Waals surface area contributed by atoms with Crippen LogP contribution in [0.25, 0.3) is 5.69 Å². The van der Waals surface area contributed by atoms with E-state index < -0.39 is 0 Å². The molecule has 0 N–H and O–H groups in total. The van der Waals surface area contributed by atoms with Gasteiger partial charge in [-0.05, 0) is 56.0 Å². The molecule has 27 heavy (non-hydrogen) atoms. The Morgan fingerprint density at radius 3 is 2.52 bits per heavy atom. The molecule has 1 atom stereocenters. The van der Waals surface area contributed by atoms with Gasteiger partial charge in [0.1, 0.15) is 5.82 Å². The number of amides is 1. The fourth-order valence-electron chi connectivity index (χ4n) is 3.70. The van der Waals surface area contributed by atoms with Crippen molar-refractivity contribution < 1.29 is 9.18 Å². The molecule has 0 bridgehead atoms. The molecule has 1 aromatic heterocycles. The molecular weight excluding hydrogens is 341 g/mol. The van der Waals surface area contributed by atoms with Crippen molar-refractivity contribution >= 4 is 5.91 Å². The van der Waals surface area contributed by atoms with Crippen LogP contribution in [0.15, 0.2) is 54.6 Å². The summed E-state index contributed by atoms with van der Waals surface area (Å²) in [6.07, 6.45) is 2.74. The lowest BCUT2D eigenvalue weighted by molar-refractivity contribution is 0.0735. The molecule has 0 saturated heterocycles. The zero-order valence-corrected chi connectivity index (χ0v) is 15.5. The first kappa shape index (κ1) is 17.5. The minimum absolute atomic E-state index is 0.0493. The third-order valence-corrected chi connectivity index (χ3v) is 5.39. The lowest BCUT2D eigenvalue weighted by Gasteiger charge is -2.25. The first-order valence-electron chi connectivity index (χ1n) is 9.25. The maximum atomic E-state index is 13.3. The predicted molar refractivity (Wildman–Crippen MR) is 102 cm³/mol. The maximum absolute atomic E-state index is 13.3. The Hall–Kier alpha value is -2.95. The highest BCUT2D eigenvalue weighted by molar-refractivity contribution is 5.94. The van der Waals surface area contributed by atoms with Gasteiger partial charge in [0, 0.05) is 18.3 Å². The van der Waals surface area contributed by atoms with E-state index in [1.54, 1.807) is 21.7 Å². The van der Waals surface area contributed by atoms with Gasteiger partial charge in [-0.1, -0.05) is 30.3 Å². The summed E-state index contributed by atoms with van der Waals surface area (Å²) in [6, 6.07) is 16.2. The van der Waals surface area contributed by atoms with Crippen LogP contribution in [0.5, 0.6) is 0 Å². The van der Waals surface area contributed by atoms with Gasteiger partial charge in [0.25, 0.3) is 5.91 Å². The highest BCUT2D eigenvalue weighted by atomic mass is 19.1. The van der Waals surface area contributed by atoms with Crippen molar-refractivity contribution in [3.8, 4) is 5.69 Å². The van der Waals surface area contributed by atoms with Gasteiger partial charge in [-0.2, -0.15) is 5.10 Å². The molecule has 0 spiro atoms. The second-order valence-electron chi connectivity index (χ2n) is 7.02. The van der Waals surface area contributed by atoms with Gasteiger partial charge < -0.3 is 4.90 Å². The number of halogens is 1. The second kappa shape index (κ2) is 6.99. The molecule has 1 amide bonds. The average Bonchev–Trinajstić information content (AvgIpc) is 3.30. The normalized spacial score (nSPS) is 14.0. The van der Waals surface area contributed by atoms with Crippen molar-refractivity contribution in [2.45, 2.75) is 32.2 Å². The monoisotopic (exact) mass is 363 g/mol. The van der Waals surface area contributed by atoms with Gasteiger partial charge in [0.05, 0.1) is 11.7 Å². The van der Waals surface area contributed by atoms with Crippen molar-refractivity contribution in [2.24, 2.45) is 0 Å². The molecule has 4 rings (SSSR count). The summed E-state index contributed by atoms with van der Waals surface area (Å²) in [4.78, 5) is 14.9. The standard InChI is InChI=1S/C22H22FN3O/c1-15(16-7-4-3-5-8-16)25(2)22(27)21-19-9-6-10-20(19)26(24-21)18-13-11-17(23)12-14-18/h3-5,7-8,11-15H,6,9-10H2,1-2H3/t15-/m1/s1. The fourth-order valence-corrected chi connectivity index (χ4v) is 3.70. The van der Waals surface area contributed by atoms with Gasteiger partial charge >= 0.3 is 0 Å². The molecule has 1 aliphatic rings. The number of nitrogens with zero attached hydrogens (tertiary/aromatic N) is 3. The number of fused-ring (bicyclic) bond motifs is 1. The Labute approximate surface area is 158 Å². The van der Waals surface area contributed by atoms with Gasteiger partial charge in [0.15, 0.2) is 5.69 Å². The van der Waals surface area contributed by atoms with Crippen LogP contribution >= 0.6 is 0 Å². The zero-order chi connectivity index (χ0) is 19.0. The lowest BCUT2D eigenvalue weighted by atomic mass is 10.1. The van der Waals surface area contributed by atoms with E-state index in [1.165, 1.54) is 12.1 Å². The summed E-state index contributed by atoms with van der Waals surface area (Å²) in [5, 5.41) is 4.63. The Kier molecular flexibility index (Phi) is 4.52. The summed E-state index contributed by atoms with van der Waals surface area (Å²) in [5.74, 6) is -0.361. The predicted octanol–water partition coefficient (Wildman–Crippen LogP) is 4.33. The average molecular weight is 363 g/mol. The molecule has 0 saturated carbocycles. The zero-order valence-electron chi connectivity index (χ0n) is 15.5. The molecule has 4 nitrogen and oxygen atoms in total. The van der Waals surface area contributed by atoms with Crippen LogP contribution in [0.4, 0.5) is 4.39 Å². The van der Waals surface area contributed by atoms with Crippen molar-refractivity contribution in [3.05, 3.63) is 82.9 Å².